The highest BCUT2D eigenvalue weighted by molar-refractivity contribution is 5.97. The van der Waals surface area contributed by atoms with Crippen LogP contribution in [0.1, 0.15) is 13.3 Å². The Labute approximate surface area is 80.3 Å². The molecule has 0 heterocycles. The Morgan fingerprint density at radius 3 is 2.15 bits per heavy atom. The third-order valence-corrected chi connectivity index (χ3v) is 2.06. The molecule has 1 atom stereocenters. The van der Waals surface area contributed by atoms with Gasteiger partial charge >= 0.3 is 0 Å². The van der Waals surface area contributed by atoms with E-state index in [1.54, 1.807) is 6.92 Å². The van der Waals surface area contributed by atoms with Crippen molar-refractivity contribution in [3.63, 3.8) is 0 Å². The molecule has 13 heavy (non-hydrogen) atoms. The van der Waals surface area contributed by atoms with E-state index in [-0.39, 0.29) is 18.4 Å². The summed E-state index contributed by atoms with van der Waals surface area (Å²) in [7, 11) is 5.84. The molecule has 3 nitrogen and oxygen atoms in total. The highest BCUT2D eigenvalue weighted by Gasteiger charge is 2.30. The van der Waals surface area contributed by atoms with Crippen LogP contribution in [0.4, 0.5) is 0 Å². The van der Waals surface area contributed by atoms with E-state index in [0.29, 0.717) is 16.5 Å². The normalized spacial score (nSPS) is 13.9. The van der Waals surface area contributed by atoms with E-state index >= 15 is 0 Å². The Morgan fingerprint density at radius 2 is 1.92 bits per heavy atom. The van der Waals surface area contributed by atoms with Gasteiger partial charge in [-0.3, -0.25) is 4.79 Å². The quantitative estimate of drug-likeness (QED) is 0.504. The van der Waals surface area contributed by atoms with Crippen molar-refractivity contribution in [1.29, 1.82) is 0 Å². The number of hydrogen-bond donors (Lipinski definition) is 1. The van der Waals surface area contributed by atoms with E-state index < -0.39 is 0 Å². The Bertz CT molecular complexity index is 203. The topological polar surface area (TPSA) is 37.3 Å². The highest BCUT2D eigenvalue weighted by atomic mass is 16.3. The maximum absolute atomic E-state index is 11.7. The molecular weight excluding hydrogens is 166 g/mol. The molecule has 3 heteroatoms. The molecule has 0 bridgehead atoms. The number of rotatable bonds is 5. The number of aliphatic hydroxyl groups excluding tert-OH is 1. The number of carbonyl (C=O) groups excluding carboxylic acids is 1. The fourth-order valence-electron chi connectivity index (χ4n) is 1.28. The lowest BCUT2D eigenvalue weighted by molar-refractivity contribution is -0.886. The highest BCUT2D eigenvalue weighted by Crippen LogP contribution is 2.12. The van der Waals surface area contributed by atoms with Crippen molar-refractivity contribution in [3.05, 3.63) is 12.2 Å². The van der Waals surface area contributed by atoms with Gasteiger partial charge < -0.3 is 9.59 Å². The second kappa shape index (κ2) is 4.53. The summed E-state index contributed by atoms with van der Waals surface area (Å²) < 4.78 is 0.534. The van der Waals surface area contributed by atoms with Crippen LogP contribution in [0.2, 0.25) is 0 Å². The summed E-state index contributed by atoms with van der Waals surface area (Å²) in [5, 5.41) is 8.84. The summed E-state index contributed by atoms with van der Waals surface area (Å²) in [6, 6.07) is -0.178. The number of hydrogen-bond acceptors (Lipinski definition) is 2. The molecule has 0 radical (unpaired) electrons. The van der Waals surface area contributed by atoms with Crippen molar-refractivity contribution in [2.24, 2.45) is 0 Å². The van der Waals surface area contributed by atoms with E-state index in [0.717, 1.165) is 0 Å². The van der Waals surface area contributed by atoms with E-state index in [2.05, 4.69) is 6.58 Å². The van der Waals surface area contributed by atoms with E-state index in [9.17, 15) is 4.79 Å². The Hall–Kier alpha value is -0.670. The Balaban J connectivity index is 4.61. The molecule has 0 aromatic heterocycles. The zero-order chi connectivity index (χ0) is 10.6. The van der Waals surface area contributed by atoms with Crippen molar-refractivity contribution in [1.82, 2.24) is 0 Å². The van der Waals surface area contributed by atoms with Gasteiger partial charge in [-0.15, -0.1) is 0 Å². The lowest BCUT2D eigenvalue weighted by Crippen LogP contribution is -2.50. The molecule has 0 aliphatic rings. The van der Waals surface area contributed by atoms with Crippen LogP contribution < -0.4 is 0 Å². The molecule has 0 aliphatic heterocycles. The van der Waals surface area contributed by atoms with Crippen LogP contribution in [0.25, 0.3) is 0 Å². The van der Waals surface area contributed by atoms with Crippen molar-refractivity contribution in [3.8, 4) is 0 Å². The van der Waals surface area contributed by atoms with E-state index in [1.165, 1.54) is 0 Å². The summed E-state index contributed by atoms with van der Waals surface area (Å²) in [6.45, 7) is 5.38. The number of nitrogens with zero attached hydrogens (tertiary/aromatic N) is 1. The molecule has 1 N–H and O–H groups in total. The minimum absolute atomic E-state index is 0.0409. The zero-order valence-electron chi connectivity index (χ0n) is 9.00. The molecule has 0 fully saturated rings. The van der Waals surface area contributed by atoms with Gasteiger partial charge in [0.15, 0.2) is 6.04 Å². The maximum atomic E-state index is 11.7. The van der Waals surface area contributed by atoms with Gasteiger partial charge in [-0.25, -0.2) is 0 Å². The van der Waals surface area contributed by atoms with Crippen molar-refractivity contribution in [2.75, 3.05) is 27.7 Å². The van der Waals surface area contributed by atoms with Gasteiger partial charge in [-0.05, 0) is 12.5 Å². The Morgan fingerprint density at radius 1 is 1.46 bits per heavy atom. The molecule has 0 aromatic carbocycles. The van der Waals surface area contributed by atoms with Crippen LogP contribution in [-0.4, -0.2) is 49.2 Å². The summed E-state index contributed by atoms with van der Waals surface area (Å²) >= 11 is 0. The lowest BCUT2D eigenvalue weighted by Gasteiger charge is -2.32. The summed E-state index contributed by atoms with van der Waals surface area (Å²) in [6.07, 6.45) is 0.495. The van der Waals surface area contributed by atoms with Crippen LogP contribution in [0.15, 0.2) is 12.2 Å². The number of likely N-dealkylation sites (N-methyl/N-ethyl adjacent to an activating group) is 1. The van der Waals surface area contributed by atoms with Gasteiger partial charge in [-0.1, -0.05) is 6.58 Å². The van der Waals surface area contributed by atoms with Crippen LogP contribution >= 0.6 is 0 Å². The summed E-state index contributed by atoms with van der Waals surface area (Å²) in [5.41, 5.74) is 0.562. The van der Waals surface area contributed by atoms with Crippen LogP contribution in [-0.2, 0) is 4.79 Å². The molecule has 1 unspecified atom stereocenters. The molecule has 0 amide bonds. The fourth-order valence-corrected chi connectivity index (χ4v) is 1.28. The van der Waals surface area contributed by atoms with Crippen molar-refractivity contribution >= 4 is 5.78 Å². The van der Waals surface area contributed by atoms with E-state index in [1.807, 2.05) is 21.1 Å². The first-order chi connectivity index (χ1) is 5.80. The molecule has 0 saturated heterocycles. The first-order valence-electron chi connectivity index (χ1n) is 4.42. The zero-order valence-corrected chi connectivity index (χ0v) is 9.00. The predicted molar refractivity (Wildman–Crippen MR) is 53.3 cm³/mol. The molecule has 0 rings (SSSR count). The van der Waals surface area contributed by atoms with Crippen molar-refractivity contribution < 1.29 is 14.4 Å². The number of carbonyl (C=O) groups is 1. The summed E-state index contributed by atoms with van der Waals surface area (Å²) in [5.74, 6) is 0.0431. The standard InChI is InChI=1S/C10H20NO2/c1-8(2)10(13)9(6-7-12)11(3,4)5/h9,12H,1,6-7H2,2-5H3/q+1. The van der Waals surface area contributed by atoms with Crippen LogP contribution in [0.5, 0.6) is 0 Å². The molecule has 0 saturated carbocycles. The molecule has 0 spiro atoms. The van der Waals surface area contributed by atoms with Gasteiger partial charge in [0.05, 0.1) is 21.1 Å². The Kier molecular flexibility index (Phi) is 4.30. The lowest BCUT2D eigenvalue weighted by atomic mass is 10.0. The first-order valence-corrected chi connectivity index (χ1v) is 4.42. The SMILES string of the molecule is C=C(C)C(=O)C(CCO)[N+](C)(C)C. The number of Topliss-reactive ketones (excluding diaryl/α,β-unsaturated/α-hetero) is 1. The van der Waals surface area contributed by atoms with Crippen molar-refractivity contribution in [2.45, 2.75) is 19.4 Å². The number of quaternary nitrogens is 1. The van der Waals surface area contributed by atoms with Gasteiger partial charge in [0.2, 0.25) is 5.78 Å². The molecular formula is C10H20NO2+. The number of aliphatic hydroxyl groups is 1. The average molecular weight is 186 g/mol. The van der Waals surface area contributed by atoms with Gasteiger partial charge in [-0.2, -0.15) is 0 Å². The second-order valence-electron chi connectivity index (χ2n) is 4.29. The molecule has 0 aromatic rings. The maximum Gasteiger partial charge on any atom is 0.215 e. The summed E-state index contributed by atoms with van der Waals surface area (Å²) in [4.78, 5) is 11.7. The van der Waals surface area contributed by atoms with Crippen LogP contribution in [0, 0.1) is 0 Å². The van der Waals surface area contributed by atoms with Crippen LogP contribution in [0.3, 0.4) is 0 Å². The largest absolute Gasteiger partial charge is 0.396 e. The number of ketones is 1. The monoisotopic (exact) mass is 186 g/mol. The van der Waals surface area contributed by atoms with Gasteiger partial charge in [0.1, 0.15) is 0 Å². The minimum Gasteiger partial charge on any atom is -0.396 e. The second-order valence-corrected chi connectivity index (χ2v) is 4.29. The van der Waals surface area contributed by atoms with Gasteiger partial charge in [0.25, 0.3) is 0 Å². The first kappa shape index (κ1) is 12.3. The smallest absolute Gasteiger partial charge is 0.215 e. The average Bonchev–Trinajstić information content (AvgIpc) is 1.96. The minimum atomic E-state index is -0.178. The third kappa shape index (κ3) is 3.70. The molecule has 0 aliphatic carbocycles. The van der Waals surface area contributed by atoms with Gasteiger partial charge in [0, 0.05) is 13.0 Å². The third-order valence-electron chi connectivity index (χ3n) is 2.06. The fraction of sp³-hybridized carbons (Fsp3) is 0.700. The predicted octanol–water partition coefficient (Wildman–Crippen LogP) is 0.589. The molecule has 76 valence electrons. The van der Waals surface area contributed by atoms with E-state index in [4.69, 9.17) is 5.11 Å².